The molecule has 0 atom stereocenters. The van der Waals surface area contributed by atoms with Crippen molar-refractivity contribution in [2.24, 2.45) is 0 Å². The molecule has 1 fully saturated rings. The molecular formula is C27H27N3O7S. The Labute approximate surface area is 220 Å². The van der Waals surface area contributed by atoms with E-state index in [9.17, 15) is 23.3 Å². The predicted molar refractivity (Wildman–Crippen MR) is 141 cm³/mol. The van der Waals surface area contributed by atoms with Crippen molar-refractivity contribution in [3.8, 4) is 11.5 Å². The molecule has 11 heteroatoms. The number of nitro benzene ring substituents is 1. The van der Waals surface area contributed by atoms with E-state index in [0.717, 1.165) is 23.3 Å². The van der Waals surface area contributed by atoms with Crippen molar-refractivity contribution in [1.29, 1.82) is 0 Å². The average Bonchev–Trinajstić information content (AvgIpc) is 2.95. The zero-order valence-electron chi connectivity index (χ0n) is 20.7. The number of carbonyl (C=O) groups excluding carboxylic acids is 1. The van der Waals surface area contributed by atoms with E-state index in [1.165, 1.54) is 22.5 Å². The summed E-state index contributed by atoms with van der Waals surface area (Å²) in [6.45, 7) is 1.10. The fourth-order valence-electron chi connectivity index (χ4n) is 3.95. The first-order valence-electron chi connectivity index (χ1n) is 11.8. The highest BCUT2D eigenvalue weighted by Gasteiger charge is 2.30. The molecule has 0 aliphatic carbocycles. The second kappa shape index (κ2) is 11.9. The number of amides is 1. The molecule has 0 unspecified atom stereocenters. The minimum Gasteiger partial charge on any atom is -0.493 e. The molecule has 3 aromatic carbocycles. The number of methoxy groups -OCH3 is 1. The van der Waals surface area contributed by atoms with Crippen molar-refractivity contribution >= 4 is 27.7 Å². The Morgan fingerprint density at radius 3 is 2.29 bits per heavy atom. The van der Waals surface area contributed by atoms with Crippen LogP contribution in [0.5, 0.6) is 11.5 Å². The molecular weight excluding hydrogens is 510 g/mol. The second-order valence-corrected chi connectivity index (χ2v) is 10.4. The number of hydrogen-bond acceptors (Lipinski definition) is 7. The molecule has 1 heterocycles. The fourth-order valence-corrected chi connectivity index (χ4v) is 5.38. The lowest BCUT2D eigenvalue weighted by Gasteiger charge is -2.33. The smallest absolute Gasteiger partial charge is 0.269 e. The first-order valence-corrected chi connectivity index (χ1v) is 13.3. The second-order valence-electron chi connectivity index (χ2n) is 8.50. The summed E-state index contributed by atoms with van der Waals surface area (Å²) in [6.07, 6.45) is 3.12. The first kappa shape index (κ1) is 26.8. The molecule has 0 bridgehead atoms. The molecule has 1 saturated heterocycles. The van der Waals surface area contributed by atoms with E-state index in [1.807, 2.05) is 36.4 Å². The highest BCUT2D eigenvalue weighted by atomic mass is 32.2. The normalized spacial score (nSPS) is 14.4. The van der Waals surface area contributed by atoms with Crippen LogP contribution in [0.25, 0.3) is 6.08 Å². The standard InChI is InChI=1S/C27H27N3O7S/c1-36-26-19-21(7-13-25(26)37-20-22-5-3-2-4-6-22)8-14-27(31)28-15-17-29(18-16-28)38(34,35)24-11-9-23(10-12-24)30(32)33/h2-14,19H,15-18,20H2,1H3/b14-8+. The topological polar surface area (TPSA) is 119 Å². The number of hydrogen-bond donors (Lipinski definition) is 0. The van der Waals surface area contributed by atoms with Crippen molar-refractivity contribution in [2.75, 3.05) is 33.3 Å². The lowest BCUT2D eigenvalue weighted by Crippen LogP contribution is -2.50. The molecule has 1 amide bonds. The lowest BCUT2D eigenvalue weighted by atomic mass is 10.1. The van der Waals surface area contributed by atoms with Crippen LogP contribution >= 0.6 is 0 Å². The van der Waals surface area contributed by atoms with Crippen LogP contribution in [0.3, 0.4) is 0 Å². The van der Waals surface area contributed by atoms with Gasteiger partial charge in [-0.1, -0.05) is 36.4 Å². The van der Waals surface area contributed by atoms with Crippen LogP contribution in [-0.4, -0.2) is 61.7 Å². The van der Waals surface area contributed by atoms with Crippen LogP contribution < -0.4 is 9.47 Å². The molecule has 0 radical (unpaired) electrons. The van der Waals surface area contributed by atoms with E-state index in [-0.39, 0.29) is 42.7 Å². The molecule has 0 saturated carbocycles. The summed E-state index contributed by atoms with van der Waals surface area (Å²) in [5.74, 6) is 0.895. The zero-order valence-corrected chi connectivity index (χ0v) is 21.5. The number of benzene rings is 3. The number of rotatable bonds is 9. The SMILES string of the molecule is COc1cc(/C=C/C(=O)N2CCN(S(=O)(=O)c3ccc([N+](=O)[O-])cc3)CC2)ccc1OCc1ccccc1. The van der Waals surface area contributed by atoms with E-state index in [0.29, 0.717) is 18.1 Å². The highest BCUT2D eigenvalue weighted by Crippen LogP contribution is 2.29. The van der Waals surface area contributed by atoms with Gasteiger partial charge >= 0.3 is 0 Å². The number of carbonyl (C=O) groups is 1. The van der Waals surface area contributed by atoms with Gasteiger partial charge in [-0.2, -0.15) is 4.31 Å². The summed E-state index contributed by atoms with van der Waals surface area (Å²) < 4.78 is 38.4. The number of nitrogens with zero attached hydrogens (tertiary/aromatic N) is 3. The van der Waals surface area contributed by atoms with E-state index in [2.05, 4.69) is 0 Å². The monoisotopic (exact) mass is 537 g/mol. The van der Waals surface area contributed by atoms with Crippen molar-refractivity contribution in [3.05, 3.63) is 100 Å². The Balaban J connectivity index is 1.33. The summed E-state index contributed by atoms with van der Waals surface area (Å²) >= 11 is 0. The molecule has 1 aliphatic rings. The van der Waals surface area contributed by atoms with Crippen LogP contribution in [-0.2, 0) is 21.4 Å². The van der Waals surface area contributed by atoms with Crippen LogP contribution in [0.2, 0.25) is 0 Å². The number of nitro groups is 1. The van der Waals surface area contributed by atoms with Crippen molar-refractivity contribution < 1.29 is 27.6 Å². The van der Waals surface area contributed by atoms with Gasteiger partial charge in [0, 0.05) is 44.4 Å². The largest absolute Gasteiger partial charge is 0.493 e. The molecule has 198 valence electrons. The maximum absolute atomic E-state index is 12.9. The first-order chi connectivity index (χ1) is 18.3. The Kier molecular flexibility index (Phi) is 8.39. The number of ether oxygens (including phenoxy) is 2. The number of sulfonamides is 1. The van der Waals surface area contributed by atoms with Crippen molar-refractivity contribution in [3.63, 3.8) is 0 Å². The van der Waals surface area contributed by atoms with Crippen molar-refractivity contribution in [1.82, 2.24) is 9.21 Å². The highest BCUT2D eigenvalue weighted by molar-refractivity contribution is 7.89. The van der Waals surface area contributed by atoms with Gasteiger partial charge in [-0.3, -0.25) is 14.9 Å². The van der Waals surface area contributed by atoms with Crippen LogP contribution in [0.15, 0.2) is 83.8 Å². The van der Waals surface area contributed by atoms with Gasteiger partial charge in [0.25, 0.3) is 5.69 Å². The summed E-state index contributed by atoms with van der Waals surface area (Å²) in [6, 6.07) is 19.9. The quantitative estimate of drug-likeness (QED) is 0.232. The van der Waals surface area contributed by atoms with Gasteiger partial charge in [-0.25, -0.2) is 8.42 Å². The van der Waals surface area contributed by atoms with Gasteiger partial charge in [-0.15, -0.1) is 0 Å². The third-order valence-corrected chi connectivity index (χ3v) is 7.99. The van der Waals surface area contributed by atoms with E-state index < -0.39 is 14.9 Å². The van der Waals surface area contributed by atoms with Crippen molar-refractivity contribution in [2.45, 2.75) is 11.5 Å². The van der Waals surface area contributed by atoms with Gasteiger partial charge in [0.05, 0.1) is 16.9 Å². The summed E-state index contributed by atoms with van der Waals surface area (Å²) in [5.41, 5.74) is 1.60. The van der Waals surface area contributed by atoms with Gasteiger partial charge in [0.15, 0.2) is 11.5 Å². The maximum Gasteiger partial charge on any atom is 0.269 e. The number of piperazine rings is 1. The van der Waals surface area contributed by atoms with Gasteiger partial charge in [0.2, 0.25) is 15.9 Å². The predicted octanol–water partition coefficient (Wildman–Crippen LogP) is 3.73. The molecule has 0 spiro atoms. The summed E-state index contributed by atoms with van der Waals surface area (Å²) in [7, 11) is -2.27. The lowest BCUT2D eigenvalue weighted by molar-refractivity contribution is -0.384. The van der Waals surface area contributed by atoms with Gasteiger partial charge in [0.1, 0.15) is 6.61 Å². The minimum absolute atomic E-state index is 0.0204. The van der Waals surface area contributed by atoms with Gasteiger partial charge in [-0.05, 0) is 41.5 Å². The molecule has 3 aromatic rings. The fraction of sp³-hybridized carbons (Fsp3) is 0.222. The Morgan fingerprint density at radius 2 is 1.66 bits per heavy atom. The zero-order chi connectivity index (χ0) is 27.1. The Hall–Kier alpha value is -4.22. The van der Waals surface area contributed by atoms with E-state index in [4.69, 9.17) is 9.47 Å². The summed E-state index contributed by atoms with van der Waals surface area (Å²) in [4.78, 5) is 24.5. The average molecular weight is 538 g/mol. The third-order valence-electron chi connectivity index (χ3n) is 6.08. The molecule has 4 rings (SSSR count). The third kappa shape index (κ3) is 6.36. The van der Waals surface area contributed by atoms with E-state index >= 15 is 0 Å². The van der Waals surface area contributed by atoms with Crippen LogP contribution in [0.1, 0.15) is 11.1 Å². The van der Waals surface area contributed by atoms with E-state index in [1.54, 1.807) is 30.2 Å². The van der Waals surface area contributed by atoms with Crippen LogP contribution in [0.4, 0.5) is 5.69 Å². The van der Waals surface area contributed by atoms with Crippen LogP contribution in [0, 0.1) is 10.1 Å². The molecule has 0 N–H and O–H groups in total. The minimum atomic E-state index is -3.81. The van der Waals surface area contributed by atoms with Gasteiger partial charge < -0.3 is 14.4 Å². The molecule has 38 heavy (non-hydrogen) atoms. The Morgan fingerprint density at radius 1 is 0.974 bits per heavy atom. The molecule has 0 aromatic heterocycles. The number of non-ortho nitro benzene ring substituents is 1. The Bertz CT molecular complexity index is 1420. The molecule has 1 aliphatic heterocycles. The molecule has 10 nitrogen and oxygen atoms in total. The maximum atomic E-state index is 12.9. The summed E-state index contributed by atoms with van der Waals surface area (Å²) in [5, 5.41) is 10.8.